The number of aromatic amines is 1. The molecule has 4 rings (SSSR count). The third kappa shape index (κ3) is 1.99. The molecule has 0 atom stereocenters. The zero-order valence-corrected chi connectivity index (χ0v) is 11.4. The molecule has 0 bridgehead atoms. The Kier molecular flexibility index (Phi) is 2.57. The number of benzene rings is 2. The summed E-state index contributed by atoms with van der Waals surface area (Å²) in [6.07, 6.45) is 3.56. The Balaban J connectivity index is 1.90. The Hall–Kier alpha value is -2.95. The molecule has 4 aromatic rings. The zero-order valence-electron chi connectivity index (χ0n) is 11.4. The minimum atomic E-state index is 0.805. The lowest BCUT2D eigenvalue weighted by Crippen LogP contribution is -1.90. The number of ether oxygens (including phenoxy) is 1. The summed E-state index contributed by atoms with van der Waals surface area (Å²) in [6.45, 7) is 0. The first-order chi connectivity index (χ1) is 10.3. The molecule has 0 unspecified atom stereocenters. The van der Waals surface area contributed by atoms with Gasteiger partial charge in [0.05, 0.1) is 41.7 Å². The highest BCUT2D eigenvalue weighted by molar-refractivity contribution is 5.93. The van der Waals surface area contributed by atoms with Crippen LogP contribution in [0.1, 0.15) is 0 Å². The van der Waals surface area contributed by atoms with Gasteiger partial charge in [-0.1, -0.05) is 12.1 Å². The van der Waals surface area contributed by atoms with Gasteiger partial charge in [-0.25, -0.2) is 4.98 Å². The maximum atomic E-state index is 5.25. The molecule has 0 aliphatic carbocycles. The summed E-state index contributed by atoms with van der Waals surface area (Å²) in [5.74, 6) is 0.805. The van der Waals surface area contributed by atoms with E-state index in [2.05, 4.69) is 15.2 Å². The van der Waals surface area contributed by atoms with Crippen LogP contribution in [-0.4, -0.2) is 27.3 Å². The molecule has 0 radical (unpaired) electrons. The summed E-state index contributed by atoms with van der Waals surface area (Å²) in [5.41, 5.74) is 4.47. The number of nitrogens with zero attached hydrogens (tertiary/aromatic N) is 3. The smallest absolute Gasteiger partial charge is 0.119 e. The van der Waals surface area contributed by atoms with Crippen molar-refractivity contribution in [1.29, 1.82) is 0 Å². The average Bonchev–Trinajstić information content (AvgIpc) is 2.99. The van der Waals surface area contributed by atoms with Gasteiger partial charge >= 0.3 is 0 Å². The van der Waals surface area contributed by atoms with Crippen LogP contribution >= 0.6 is 0 Å². The molecule has 0 saturated heterocycles. The maximum absolute atomic E-state index is 5.25. The molecule has 2 heterocycles. The Bertz CT molecular complexity index is 945. The van der Waals surface area contributed by atoms with Crippen LogP contribution in [0.5, 0.6) is 5.75 Å². The lowest BCUT2D eigenvalue weighted by Gasteiger charge is -2.05. The van der Waals surface area contributed by atoms with Crippen molar-refractivity contribution in [3.63, 3.8) is 0 Å². The minimum absolute atomic E-state index is 0.805. The Morgan fingerprint density at radius 3 is 2.90 bits per heavy atom. The van der Waals surface area contributed by atoms with Gasteiger partial charge in [0, 0.05) is 10.9 Å². The molecule has 2 aromatic heterocycles. The van der Waals surface area contributed by atoms with Gasteiger partial charge in [-0.05, 0) is 24.3 Å². The van der Waals surface area contributed by atoms with E-state index in [1.165, 1.54) is 0 Å². The van der Waals surface area contributed by atoms with E-state index >= 15 is 0 Å². The Morgan fingerprint density at radius 1 is 1.05 bits per heavy atom. The quantitative estimate of drug-likeness (QED) is 0.610. The van der Waals surface area contributed by atoms with Gasteiger partial charge in [-0.3, -0.25) is 10.1 Å². The predicted octanol–water partition coefficient (Wildman–Crippen LogP) is 3.18. The van der Waals surface area contributed by atoms with Gasteiger partial charge in [0.1, 0.15) is 5.75 Å². The summed E-state index contributed by atoms with van der Waals surface area (Å²) in [5, 5.41) is 8.00. The Morgan fingerprint density at radius 2 is 2.00 bits per heavy atom. The molecule has 0 spiro atoms. The number of hydrogen-bond acceptors (Lipinski definition) is 4. The number of aromatic nitrogens is 4. The molecular formula is C16H12N4O. The number of methoxy groups -OCH3 is 1. The highest BCUT2D eigenvalue weighted by atomic mass is 16.5. The number of nitrogens with one attached hydrogen (secondary N) is 1. The number of H-pyrrole nitrogens is 1. The van der Waals surface area contributed by atoms with Crippen LogP contribution in [0.3, 0.4) is 0 Å². The molecule has 21 heavy (non-hydrogen) atoms. The normalized spacial score (nSPS) is 11.1. The lowest BCUT2D eigenvalue weighted by atomic mass is 10.1. The molecule has 5 heteroatoms. The topological polar surface area (TPSA) is 63.7 Å². The molecule has 0 amide bonds. The summed E-state index contributed by atoms with van der Waals surface area (Å²) < 4.78 is 5.25. The van der Waals surface area contributed by atoms with Crippen LogP contribution in [0.2, 0.25) is 0 Å². The van der Waals surface area contributed by atoms with Gasteiger partial charge in [-0.15, -0.1) is 0 Å². The Labute approximate surface area is 120 Å². The van der Waals surface area contributed by atoms with Crippen LogP contribution in [-0.2, 0) is 0 Å². The van der Waals surface area contributed by atoms with Crippen molar-refractivity contribution in [2.45, 2.75) is 0 Å². The fourth-order valence-corrected chi connectivity index (χ4v) is 2.37. The second kappa shape index (κ2) is 4.56. The third-order valence-electron chi connectivity index (χ3n) is 3.47. The van der Waals surface area contributed by atoms with Gasteiger partial charge < -0.3 is 4.74 Å². The molecule has 0 aliphatic rings. The molecule has 2 aromatic carbocycles. The van der Waals surface area contributed by atoms with Crippen molar-refractivity contribution < 1.29 is 4.74 Å². The lowest BCUT2D eigenvalue weighted by molar-refractivity contribution is 0.415. The van der Waals surface area contributed by atoms with E-state index in [-0.39, 0.29) is 0 Å². The molecule has 0 aliphatic heterocycles. The van der Waals surface area contributed by atoms with Crippen LogP contribution in [0, 0.1) is 0 Å². The van der Waals surface area contributed by atoms with Gasteiger partial charge in [0.15, 0.2) is 0 Å². The average molecular weight is 276 g/mol. The first kappa shape index (κ1) is 11.8. The van der Waals surface area contributed by atoms with E-state index in [1.54, 1.807) is 19.5 Å². The summed E-state index contributed by atoms with van der Waals surface area (Å²) in [7, 11) is 1.65. The van der Waals surface area contributed by atoms with E-state index in [0.29, 0.717) is 0 Å². The monoisotopic (exact) mass is 276 g/mol. The van der Waals surface area contributed by atoms with Crippen molar-refractivity contribution >= 4 is 21.9 Å². The molecule has 5 nitrogen and oxygen atoms in total. The molecule has 0 saturated carbocycles. The van der Waals surface area contributed by atoms with E-state index in [9.17, 15) is 0 Å². The second-order valence-corrected chi connectivity index (χ2v) is 4.79. The number of rotatable bonds is 2. The zero-order chi connectivity index (χ0) is 14.2. The number of fused-ring (bicyclic) bond motifs is 2. The molecular weight excluding hydrogens is 264 g/mol. The van der Waals surface area contributed by atoms with Crippen LogP contribution in [0.25, 0.3) is 33.2 Å². The first-order valence-corrected chi connectivity index (χ1v) is 6.58. The largest absolute Gasteiger partial charge is 0.497 e. The first-order valence-electron chi connectivity index (χ1n) is 6.58. The number of hydrogen-bond donors (Lipinski definition) is 1. The van der Waals surface area contributed by atoms with Gasteiger partial charge in [0.25, 0.3) is 0 Å². The fourth-order valence-electron chi connectivity index (χ4n) is 2.37. The second-order valence-electron chi connectivity index (χ2n) is 4.79. The SMILES string of the molecule is COc1cccc(-c2cnc3cc4[nH]ncc4cc3n2)c1. The van der Waals surface area contributed by atoms with Gasteiger partial charge in [0.2, 0.25) is 0 Å². The maximum Gasteiger partial charge on any atom is 0.119 e. The van der Waals surface area contributed by atoms with Crippen molar-refractivity contribution in [3.05, 3.63) is 48.8 Å². The van der Waals surface area contributed by atoms with Crippen molar-refractivity contribution in [3.8, 4) is 17.0 Å². The summed E-state index contributed by atoms with van der Waals surface area (Å²) in [4.78, 5) is 9.18. The highest BCUT2D eigenvalue weighted by Crippen LogP contribution is 2.24. The minimum Gasteiger partial charge on any atom is -0.497 e. The summed E-state index contributed by atoms with van der Waals surface area (Å²) >= 11 is 0. The predicted molar refractivity (Wildman–Crippen MR) is 81.2 cm³/mol. The van der Waals surface area contributed by atoms with Crippen LogP contribution < -0.4 is 4.74 Å². The standard InChI is InChI=1S/C16H12N4O/c1-21-12-4-2-3-10(5-12)16-9-17-14-7-13-11(8-18-20-13)6-15(14)19-16/h2-9H,1H3,(H,18,20). The van der Waals surface area contributed by atoms with E-state index in [0.717, 1.165) is 38.9 Å². The van der Waals surface area contributed by atoms with Gasteiger partial charge in [-0.2, -0.15) is 5.10 Å². The molecule has 0 fully saturated rings. The van der Waals surface area contributed by atoms with E-state index < -0.39 is 0 Å². The fraction of sp³-hybridized carbons (Fsp3) is 0.0625. The third-order valence-corrected chi connectivity index (χ3v) is 3.47. The summed E-state index contributed by atoms with van der Waals surface area (Å²) in [6, 6.07) is 11.7. The van der Waals surface area contributed by atoms with E-state index in [1.807, 2.05) is 36.4 Å². The van der Waals surface area contributed by atoms with Crippen molar-refractivity contribution in [1.82, 2.24) is 20.2 Å². The molecule has 1 N–H and O–H groups in total. The highest BCUT2D eigenvalue weighted by Gasteiger charge is 2.06. The molecule has 102 valence electrons. The van der Waals surface area contributed by atoms with Crippen molar-refractivity contribution in [2.24, 2.45) is 0 Å². The van der Waals surface area contributed by atoms with Crippen LogP contribution in [0.4, 0.5) is 0 Å². The van der Waals surface area contributed by atoms with Crippen molar-refractivity contribution in [2.75, 3.05) is 7.11 Å². The van der Waals surface area contributed by atoms with E-state index in [4.69, 9.17) is 9.72 Å². The van der Waals surface area contributed by atoms with Crippen LogP contribution in [0.15, 0.2) is 48.8 Å².